The van der Waals surface area contributed by atoms with Gasteiger partial charge in [0, 0.05) is 25.8 Å². The third-order valence-electron chi connectivity index (χ3n) is 4.50. The predicted octanol–water partition coefficient (Wildman–Crippen LogP) is 3.71. The zero-order valence-electron chi connectivity index (χ0n) is 16.6. The molecule has 0 atom stereocenters. The number of carbonyl (C=O) groups is 1. The van der Waals surface area contributed by atoms with E-state index < -0.39 is 0 Å². The molecule has 1 aliphatic rings. The van der Waals surface area contributed by atoms with E-state index in [1.807, 2.05) is 12.1 Å². The highest BCUT2D eigenvalue weighted by Crippen LogP contribution is 2.33. The number of fused-ring (bicyclic) bond motifs is 1. The summed E-state index contributed by atoms with van der Waals surface area (Å²) < 4.78 is 1.98. The molecule has 152 valence electrons. The van der Waals surface area contributed by atoms with Gasteiger partial charge in [0.1, 0.15) is 15.8 Å². The number of anilines is 1. The third-order valence-corrected chi connectivity index (χ3v) is 5.87. The van der Waals surface area contributed by atoms with Crippen molar-refractivity contribution in [3.63, 3.8) is 0 Å². The summed E-state index contributed by atoms with van der Waals surface area (Å²) in [5.74, 6) is 0.403. The van der Waals surface area contributed by atoms with Gasteiger partial charge in [-0.15, -0.1) is 6.58 Å². The molecule has 0 aliphatic carbocycles. The molecule has 0 N–H and O–H groups in total. The predicted molar refractivity (Wildman–Crippen MR) is 124 cm³/mol. The van der Waals surface area contributed by atoms with E-state index in [1.165, 1.54) is 21.1 Å². The molecular formula is C21H24N4O2S2. The zero-order chi connectivity index (χ0) is 21.0. The molecule has 3 heterocycles. The normalized spacial score (nSPS) is 15.5. The van der Waals surface area contributed by atoms with Gasteiger partial charge in [-0.1, -0.05) is 50.0 Å². The van der Waals surface area contributed by atoms with Crippen LogP contribution in [0.15, 0.2) is 46.8 Å². The molecule has 0 radical (unpaired) electrons. The quantitative estimate of drug-likeness (QED) is 0.363. The van der Waals surface area contributed by atoms with Gasteiger partial charge in [0.2, 0.25) is 0 Å². The summed E-state index contributed by atoms with van der Waals surface area (Å²) in [6.07, 6.45) is 6.83. The summed E-state index contributed by atoms with van der Waals surface area (Å²) in [4.78, 5) is 34.9. The van der Waals surface area contributed by atoms with Crippen LogP contribution in [-0.2, 0) is 4.79 Å². The summed E-state index contributed by atoms with van der Waals surface area (Å²) in [6.45, 7) is 9.77. The lowest BCUT2D eigenvalue weighted by molar-refractivity contribution is -0.121. The molecule has 1 fully saturated rings. The van der Waals surface area contributed by atoms with Gasteiger partial charge in [0.25, 0.3) is 11.5 Å². The van der Waals surface area contributed by atoms with E-state index in [1.54, 1.807) is 24.4 Å². The van der Waals surface area contributed by atoms with Crippen LogP contribution in [0, 0.1) is 0 Å². The van der Waals surface area contributed by atoms with E-state index in [9.17, 15) is 9.59 Å². The Balaban J connectivity index is 2.20. The van der Waals surface area contributed by atoms with Gasteiger partial charge in [0.15, 0.2) is 0 Å². The Kier molecular flexibility index (Phi) is 6.87. The van der Waals surface area contributed by atoms with Crippen LogP contribution in [0.1, 0.15) is 32.3 Å². The molecule has 0 spiro atoms. The van der Waals surface area contributed by atoms with Crippen molar-refractivity contribution in [2.24, 2.45) is 0 Å². The molecule has 0 bridgehead atoms. The van der Waals surface area contributed by atoms with Gasteiger partial charge in [-0.3, -0.25) is 18.9 Å². The second-order valence-corrected chi connectivity index (χ2v) is 8.33. The van der Waals surface area contributed by atoms with Gasteiger partial charge in [-0.05, 0) is 31.1 Å². The van der Waals surface area contributed by atoms with Crippen molar-refractivity contribution in [2.75, 3.05) is 24.5 Å². The fourth-order valence-corrected chi connectivity index (χ4v) is 4.50. The van der Waals surface area contributed by atoms with Crippen molar-refractivity contribution in [2.45, 2.75) is 26.7 Å². The number of nitrogens with zero attached hydrogens (tertiary/aromatic N) is 4. The van der Waals surface area contributed by atoms with E-state index in [4.69, 9.17) is 17.2 Å². The minimum absolute atomic E-state index is 0.197. The Hall–Kier alpha value is -2.45. The van der Waals surface area contributed by atoms with Crippen LogP contribution in [-0.4, -0.2) is 44.1 Å². The summed E-state index contributed by atoms with van der Waals surface area (Å²) in [7, 11) is 0. The maximum Gasteiger partial charge on any atom is 0.267 e. The second kappa shape index (κ2) is 9.37. The summed E-state index contributed by atoms with van der Waals surface area (Å²) >= 11 is 6.53. The highest BCUT2D eigenvalue weighted by atomic mass is 32.2. The summed E-state index contributed by atoms with van der Waals surface area (Å²) in [6, 6.07) is 5.46. The molecule has 2 aromatic rings. The van der Waals surface area contributed by atoms with Crippen molar-refractivity contribution >= 4 is 51.7 Å². The highest BCUT2D eigenvalue weighted by Gasteiger charge is 2.32. The molecule has 1 saturated heterocycles. The number of aromatic nitrogens is 2. The average Bonchev–Trinajstić information content (AvgIpc) is 2.97. The van der Waals surface area contributed by atoms with Crippen molar-refractivity contribution in [1.82, 2.24) is 14.3 Å². The fourth-order valence-electron chi connectivity index (χ4n) is 3.24. The highest BCUT2D eigenvalue weighted by molar-refractivity contribution is 8.26. The number of rotatable bonds is 8. The molecule has 8 heteroatoms. The minimum atomic E-state index is -0.207. The van der Waals surface area contributed by atoms with E-state index in [2.05, 4.69) is 25.3 Å². The van der Waals surface area contributed by atoms with E-state index in [0.29, 0.717) is 32.8 Å². The molecule has 2 aromatic heterocycles. The molecule has 1 amide bonds. The fraction of sp³-hybridized carbons (Fsp3) is 0.333. The lowest BCUT2D eigenvalue weighted by Gasteiger charge is -2.24. The van der Waals surface area contributed by atoms with Crippen LogP contribution in [0.2, 0.25) is 0 Å². The maximum atomic E-state index is 13.3. The number of amides is 1. The first-order valence-corrected chi connectivity index (χ1v) is 10.9. The summed E-state index contributed by atoms with van der Waals surface area (Å²) in [5.41, 5.74) is 0.799. The van der Waals surface area contributed by atoms with Gasteiger partial charge in [-0.25, -0.2) is 4.98 Å². The van der Waals surface area contributed by atoms with Crippen LogP contribution in [0.4, 0.5) is 5.82 Å². The Morgan fingerprint density at radius 1 is 1.24 bits per heavy atom. The third kappa shape index (κ3) is 4.28. The van der Waals surface area contributed by atoms with Crippen LogP contribution < -0.4 is 10.5 Å². The topological polar surface area (TPSA) is 57.9 Å². The first kappa shape index (κ1) is 21.3. The van der Waals surface area contributed by atoms with Crippen molar-refractivity contribution in [3.05, 3.63) is 57.9 Å². The van der Waals surface area contributed by atoms with E-state index in [-0.39, 0.29) is 11.5 Å². The first-order valence-electron chi connectivity index (χ1n) is 9.64. The zero-order valence-corrected chi connectivity index (χ0v) is 18.3. The van der Waals surface area contributed by atoms with Gasteiger partial charge < -0.3 is 4.90 Å². The van der Waals surface area contributed by atoms with Crippen molar-refractivity contribution < 1.29 is 4.79 Å². The van der Waals surface area contributed by atoms with Crippen molar-refractivity contribution in [3.8, 4) is 0 Å². The van der Waals surface area contributed by atoms with E-state index in [0.717, 1.165) is 25.9 Å². The van der Waals surface area contributed by atoms with Crippen molar-refractivity contribution in [1.29, 1.82) is 0 Å². The molecule has 0 saturated carbocycles. The number of thioether (sulfide) groups is 1. The molecule has 6 nitrogen and oxygen atoms in total. The molecular weight excluding hydrogens is 404 g/mol. The average molecular weight is 429 g/mol. The molecule has 3 rings (SSSR count). The number of thiocarbonyl (C=S) groups is 1. The smallest absolute Gasteiger partial charge is 0.267 e. The van der Waals surface area contributed by atoms with Gasteiger partial charge in [0.05, 0.1) is 10.5 Å². The second-order valence-electron chi connectivity index (χ2n) is 6.65. The summed E-state index contributed by atoms with van der Waals surface area (Å²) in [5, 5.41) is 0. The van der Waals surface area contributed by atoms with Crippen LogP contribution in [0.25, 0.3) is 11.7 Å². The first-order chi connectivity index (χ1) is 14.0. The largest absolute Gasteiger partial charge is 0.356 e. The number of pyridine rings is 1. The number of hydrogen-bond acceptors (Lipinski definition) is 6. The SMILES string of the molecule is C=CCN1C(=O)/C(=C/c2c(N(CCC)CCC)nc3ccccn3c2=O)SC1=S. The van der Waals surface area contributed by atoms with Gasteiger partial charge >= 0.3 is 0 Å². The molecule has 0 aromatic carbocycles. The van der Waals surface area contributed by atoms with Gasteiger partial charge in [-0.2, -0.15) is 0 Å². The van der Waals surface area contributed by atoms with Crippen LogP contribution >= 0.6 is 24.0 Å². The molecule has 0 unspecified atom stereocenters. The lowest BCUT2D eigenvalue weighted by atomic mass is 10.2. The lowest BCUT2D eigenvalue weighted by Crippen LogP contribution is -2.31. The van der Waals surface area contributed by atoms with Crippen LogP contribution in [0.3, 0.4) is 0 Å². The maximum absolute atomic E-state index is 13.3. The standard InChI is InChI=1S/C21H24N4O2S2/c1-4-10-23(11-5-2)18-15(19(26)24-13-8-7-9-17(24)22-18)14-16-20(27)25(12-6-3)21(28)29-16/h6-9,13-14H,3-5,10-12H2,1-2H3/b16-14-. The minimum Gasteiger partial charge on any atom is -0.356 e. The molecule has 29 heavy (non-hydrogen) atoms. The Morgan fingerprint density at radius 3 is 2.62 bits per heavy atom. The Labute approximate surface area is 179 Å². The number of carbonyl (C=O) groups excluding carboxylic acids is 1. The Morgan fingerprint density at radius 2 is 1.97 bits per heavy atom. The van der Waals surface area contributed by atoms with Crippen LogP contribution in [0.5, 0.6) is 0 Å². The monoisotopic (exact) mass is 428 g/mol. The Bertz CT molecular complexity index is 1040. The molecule has 1 aliphatic heterocycles. The number of hydrogen-bond donors (Lipinski definition) is 0. The van der Waals surface area contributed by atoms with E-state index >= 15 is 0 Å².